The van der Waals surface area contributed by atoms with Crippen molar-refractivity contribution < 1.29 is 14.3 Å². The van der Waals surface area contributed by atoms with Crippen molar-refractivity contribution in [1.82, 2.24) is 19.7 Å². The minimum atomic E-state index is -0.445. The van der Waals surface area contributed by atoms with E-state index < -0.39 is 5.79 Å². The summed E-state index contributed by atoms with van der Waals surface area (Å²) >= 11 is 1.62. The summed E-state index contributed by atoms with van der Waals surface area (Å²) in [5, 5.41) is 3.01. The van der Waals surface area contributed by atoms with Crippen molar-refractivity contribution in [2.45, 2.75) is 31.6 Å². The monoisotopic (exact) mass is 456 g/mol. The predicted octanol–water partition coefficient (Wildman–Crippen LogP) is 2.47. The lowest BCUT2D eigenvalue weighted by atomic mass is 10.0. The third kappa shape index (κ3) is 5.05. The van der Waals surface area contributed by atoms with Crippen LogP contribution < -0.4 is 0 Å². The van der Waals surface area contributed by atoms with E-state index in [0.29, 0.717) is 32.7 Å². The molecule has 32 heavy (non-hydrogen) atoms. The number of nitrogens with zero attached hydrogens (tertiary/aromatic N) is 4. The molecule has 3 aliphatic heterocycles. The van der Waals surface area contributed by atoms with Gasteiger partial charge < -0.3 is 19.3 Å². The summed E-state index contributed by atoms with van der Waals surface area (Å²) in [6.45, 7) is 8.14. The van der Waals surface area contributed by atoms with Gasteiger partial charge in [-0.3, -0.25) is 9.69 Å². The molecule has 1 aromatic carbocycles. The predicted molar refractivity (Wildman–Crippen MR) is 124 cm³/mol. The first-order valence-corrected chi connectivity index (χ1v) is 12.5. The molecule has 8 heteroatoms. The number of likely N-dealkylation sites (N-methyl/N-ethyl adjacent to an activating group) is 1. The number of carbonyl (C=O) groups is 1. The summed E-state index contributed by atoms with van der Waals surface area (Å²) in [5.41, 5.74) is 3.31. The second-order valence-corrected chi connectivity index (χ2v) is 9.95. The van der Waals surface area contributed by atoms with Gasteiger partial charge in [0.2, 0.25) is 5.91 Å². The maximum Gasteiger partial charge on any atom is 0.228 e. The van der Waals surface area contributed by atoms with Crippen LogP contribution in [0.5, 0.6) is 0 Å². The lowest BCUT2D eigenvalue weighted by Crippen LogP contribution is -2.47. The molecule has 1 aromatic heterocycles. The van der Waals surface area contributed by atoms with E-state index in [1.165, 1.54) is 5.56 Å². The van der Waals surface area contributed by atoms with Crippen LogP contribution in [0.1, 0.15) is 24.1 Å². The molecule has 5 rings (SSSR count). The Balaban J connectivity index is 1.17. The van der Waals surface area contributed by atoms with Crippen LogP contribution in [0.3, 0.4) is 0 Å². The van der Waals surface area contributed by atoms with Crippen molar-refractivity contribution in [3.63, 3.8) is 0 Å². The number of piperidine rings is 1. The highest BCUT2D eigenvalue weighted by Crippen LogP contribution is 2.31. The Morgan fingerprint density at radius 3 is 2.59 bits per heavy atom. The van der Waals surface area contributed by atoms with Gasteiger partial charge in [0.15, 0.2) is 5.79 Å². The maximum absolute atomic E-state index is 12.8. The second-order valence-electron chi connectivity index (χ2n) is 9.09. The number of piperazine rings is 1. The molecule has 172 valence electrons. The van der Waals surface area contributed by atoms with Gasteiger partial charge in [-0.15, -0.1) is 11.3 Å². The fourth-order valence-electron chi connectivity index (χ4n) is 4.74. The highest BCUT2D eigenvalue weighted by Gasteiger charge is 2.40. The number of carbonyl (C=O) groups excluding carboxylic acids is 1. The van der Waals surface area contributed by atoms with E-state index in [-0.39, 0.29) is 5.91 Å². The van der Waals surface area contributed by atoms with Gasteiger partial charge in [-0.1, -0.05) is 18.2 Å². The molecular weight excluding hydrogens is 424 g/mol. The third-order valence-corrected chi connectivity index (χ3v) is 7.69. The lowest BCUT2D eigenvalue weighted by Gasteiger charge is -2.37. The van der Waals surface area contributed by atoms with Crippen molar-refractivity contribution in [2.75, 3.05) is 59.5 Å². The van der Waals surface area contributed by atoms with E-state index in [9.17, 15) is 4.79 Å². The zero-order valence-electron chi connectivity index (χ0n) is 18.8. The Morgan fingerprint density at radius 2 is 1.84 bits per heavy atom. The van der Waals surface area contributed by atoms with E-state index >= 15 is 0 Å². The number of aromatic nitrogens is 1. The smallest absolute Gasteiger partial charge is 0.228 e. The molecule has 0 N–H and O–H groups in total. The second kappa shape index (κ2) is 9.57. The quantitative estimate of drug-likeness (QED) is 0.689. The van der Waals surface area contributed by atoms with Gasteiger partial charge in [0.05, 0.1) is 25.3 Å². The van der Waals surface area contributed by atoms with Crippen molar-refractivity contribution in [3.05, 3.63) is 40.9 Å². The van der Waals surface area contributed by atoms with E-state index in [0.717, 1.165) is 61.8 Å². The van der Waals surface area contributed by atoms with Crippen LogP contribution >= 0.6 is 11.3 Å². The molecule has 3 saturated heterocycles. The molecule has 0 unspecified atom stereocenters. The molecule has 0 radical (unpaired) electrons. The molecular formula is C24H32N4O3S. The van der Waals surface area contributed by atoms with Crippen LogP contribution in [0, 0.1) is 0 Å². The first-order chi connectivity index (χ1) is 15.6. The van der Waals surface area contributed by atoms with Crippen molar-refractivity contribution in [2.24, 2.45) is 0 Å². The minimum Gasteiger partial charge on any atom is -0.347 e. The average molecular weight is 457 g/mol. The molecule has 0 aliphatic carbocycles. The SMILES string of the molecule is CN1CCN(Cc2cccc(-c3nc(CC(=O)N4CCC5(CC4)OCCO5)cs3)c2)CC1. The Morgan fingerprint density at radius 1 is 1.09 bits per heavy atom. The van der Waals surface area contributed by atoms with Crippen molar-refractivity contribution in [3.8, 4) is 10.6 Å². The summed E-state index contributed by atoms with van der Waals surface area (Å²) in [4.78, 5) is 24.4. The Labute approximate surface area is 193 Å². The highest BCUT2D eigenvalue weighted by atomic mass is 32.1. The number of rotatable bonds is 5. The van der Waals surface area contributed by atoms with Gasteiger partial charge in [0.25, 0.3) is 0 Å². The zero-order valence-corrected chi connectivity index (χ0v) is 19.6. The summed E-state index contributed by atoms with van der Waals surface area (Å²) in [6.07, 6.45) is 1.86. The molecule has 2 aromatic rings. The van der Waals surface area contributed by atoms with Gasteiger partial charge in [0, 0.05) is 69.6 Å². The molecule has 1 amide bonds. The first kappa shape index (κ1) is 22.0. The third-order valence-electron chi connectivity index (χ3n) is 6.75. The molecule has 0 saturated carbocycles. The van der Waals surface area contributed by atoms with Gasteiger partial charge in [-0.2, -0.15) is 0 Å². The molecule has 4 heterocycles. The van der Waals surface area contributed by atoms with Crippen LogP contribution in [0.25, 0.3) is 10.6 Å². The Hall–Kier alpha value is -1.84. The molecule has 3 fully saturated rings. The summed E-state index contributed by atoms with van der Waals surface area (Å²) < 4.78 is 11.5. The Bertz CT molecular complexity index is 925. The fourth-order valence-corrected chi connectivity index (χ4v) is 5.55. The topological polar surface area (TPSA) is 58.1 Å². The van der Waals surface area contributed by atoms with Crippen LogP contribution in [-0.4, -0.2) is 90.9 Å². The van der Waals surface area contributed by atoms with Crippen LogP contribution in [0.4, 0.5) is 0 Å². The number of hydrogen-bond acceptors (Lipinski definition) is 7. The van der Waals surface area contributed by atoms with E-state index in [2.05, 4.69) is 41.1 Å². The van der Waals surface area contributed by atoms with E-state index in [1.54, 1.807) is 11.3 Å². The number of amides is 1. The van der Waals surface area contributed by atoms with Crippen molar-refractivity contribution in [1.29, 1.82) is 0 Å². The van der Waals surface area contributed by atoms with Gasteiger partial charge in [0.1, 0.15) is 5.01 Å². The van der Waals surface area contributed by atoms with Crippen LogP contribution in [0.2, 0.25) is 0 Å². The van der Waals surface area contributed by atoms with Gasteiger partial charge in [-0.25, -0.2) is 4.98 Å². The summed E-state index contributed by atoms with van der Waals surface area (Å²) in [5.74, 6) is -0.307. The average Bonchev–Trinajstić information content (AvgIpc) is 3.46. The number of ether oxygens (including phenoxy) is 2. The highest BCUT2D eigenvalue weighted by molar-refractivity contribution is 7.13. The first-order valence-electron chi connectivity index (χ1n) is 11.6. The van der Waals surface area contributed by atoms with Crippen LogP contribution in [-0.2, 0) is 27.2 Å². The fraction of sp³-hybridized carbons (Fsp3) is 0.583. The summed E-state index contributed by atoms with van der Waals surface area (Å²) in [7, 11) is 2.18. The van der Waals surface area contributed by atoms with Crippen LogP contribution in [0.15, 0.2) is 29.6 Å². The lowest BCUT2D eigenvalue weighted by molar-refractivity contribution is -0.187. The molecule has 3 aliphatic rings. The van der Waals surface area contributed by atoms with E-state index in [4.69, 9.17) is 14.5 Å². The number of benzene rings is 1. The molecule has 0 atom stereocenters. The largest absolute Gasteiger partial charge is 0.347 e. The maximum atomic E-state index is 12.8. The summed E-state index contributed by atoms with van der Waals surface area (Å²) in [6, 6.07) is 8.67. The molecule has 7 nitrogen and oxygen atoms in total. The van der Waals surface area contributed by atoms with Gasteiger partial charge >= 0.3 is 0 Å². The number of thiazole rings is 1. The normalized spacial score (nSPS) is 22.0. The number of likely N-dealkylation sites (tertiary alicyclic amines) is 1. The molecule has 1 spiro atoms. The molecule has 0 bridgehead atoms. The zero-order chi connectivity index (χ0) is 22.0. The minimum absolute atomic E-state index is 0.138. The van der Waals surface area contributed by atoms with Gasteiger partial charge in [-0.05, 0) is 18.7 Å². The number of hydrogen-bond donors (Lipinski definition) is 0. The van der Waals surface area contributed by atoms with Crippen molar-refractivity contribution >= 4 is 17.2 Å². The van der Waals surface area contributed by atoms with E-state index in [1.807, 2.05) is 10.3 Å². The standard InChI is InChI=1S/C24H32N4O3S/c1-26-9-11-27(12-10-26)17-19-3-2-4-20(15-19)23-25-21(18-32-23)16-22(29)28-7-5-24(6-8-28)30-13-14-31-24/h2-4,15,18H,5-14,16-17H2,1H3. The Kier molecular flexibility index (Phi) is 6.57.